The third-order valence-corrected chi connectivity index (χ3v) is 10.9. The van der Waals surface area contributed by atoms with Crippen LogP contribution in [0.1, 0.15) is 9.94 Å². The Kier molecular flexibility index (Phi) is 5.63. The Morgan fingerprint density at radius 1 is 0.490 bits per heavy atom. The molecule has 230 valence electrons. The molecule has 49 heavy (non-hydrogen) atoms. The maximum atomic E-state index is 8.51. The predicted octanol–water partition coefficient (Wildman–Crippen LogP) is 13.0. The van der Waals surface area contributed by atoms with Gasteiger partial charge in [-0.15, -0.1) is 11.3 Å². The molecule has 2 heterocycles. The van der Waals surface area contributed by atoms with E-state index in [1.165, 1.54) is 25.7 Å². The van der Waals surface area contributed by atoms with Crippen molar-refractivity contribution in [3.05, 3.63) is 170 Å². The van der Waals surface area contributed by atoms with Gasteiger partial charge in [-0.3, -0.25) is 4.57 Å². The van der Waals surface area contributed by atoms with E-state index in [2.05, 4.69) is 120 Å². The lowest BCUT2D eigenvalue weighted by molar-refractivity contribution is 1.00. The van der Waals surface area contributed by atoms with Crippen molar-refractivity contribution in [1.82, 2.24) is 9.55 Å². The smallest absolute Gasteiger partial charge is 0.111 e. The van der Waals surface area contributed by atoms with Crippen LogP contribution in [-0.4, -0.2) is 9.55 Å². The molecule has 0 radical (unpaired) electrons. The van der Waals surface area contributed by atoms with Crippen LogP contribution in [0.5, 0.6) is 0 Å². The van der Waals surface area contributed by atoms with Gasteiger partial charge in [0, 0.05) is 29.8 Å². The van der Waals surface area contributed by atoms with Gasteiger partial charge in [0.2, 0.25) is 0 Å². The van der Waals surface area contributed by atoms with Crippen molar-refractivity contribution in [2.75, 3.05) is 0 Å². The summed E-state index contributed by atoms with van der Waals surface area (Å²) < 4.78 is 29.9. The van der Waals surface area contributed by atoms with E-state index in [9.17, 15) is 0 Å². The first kappa shape index (κ1) is 25.0. The quantitative estimate of drug-likeness (QED) is 0.174. The highest BCUT2D eigenvalue weighted by Gasteiger charge is 2.21. The molecule has 0 aliphatic heterocycles. The van der Waals surface area contributed by atoms with Crippen LogP contribution in [0.4, 0.5) is 0 Å². The van der Waals surface area contributed by atoms with Crippen LogP contribution in [-0.2, 0) is 0 Å². The van der Waals surface area contributed by atoms with Crippen LogP contribution >= 0.6 is 11.3 Å². The number of nitrogens with zero attached hydrogens (tertiary/aromatic N) is 2. The Morgan fingerprint density at radius 2 is 1.14 bits per heavy atom. The summed E-state index contributed by atoms with van der Waals surface area (Å²) in [6.45, 7) is -2.42. The Hall–Kier alpha value is -6.03. The largest absolute Gasteiger partial charge is 0.296 e. The minimum atomic E-state index is -2.42. The summed E-state index contributed by atoms with van der Waals surface area (Å²) in [4.78, 5) is 4.66. The standard InChI is InChI=1S/C46H30N2S/c1-29-47-40-19-9-11-21-42(40)48(29)41-20-10-7-18-37(41)46-35-17-6-5-16-34(35)45(39-27-31(23-25-36(39)46)30-13-3-2-4-14-30)32-24-26-44-38(28-32)33-15-8-12-22-43(33)49-44/h2-28H,1H3/i1D3. The van der Waals surface area contributed by atoms with Gasteiger partial charge in [-0.25, -0.2) is 4.98 Å². The van der Waals surface area contributed by atoms with E-state index in [0.717, 1.165) is 60.6 Å². The van der Waals surface area contributed by atoms with Gasteiger partial charge in [-0.1, -0.05) is 121 Å². The minimum absolute atomic E-state index is 0.0500. The van der Waals surface area contributed by atoms with Crippen LogP contribution in [0.25, 0.3) is 91.8 Å². The van der Waals surface area contributed by atoms with E-state index in [-0.39, 0.29) is 5.82 Å². The zero-order chi connectivity index (χ0) is 35.0. The lowest BCUT2D eigenvalue weighted by atomic mass is 9.84. The van der Waals surface area contributed by atoms with Gasteiger partial charge < -0.3 is 0 Å². The molecule has 2 nitrogen and oxygen atoms in total. The molecule has 0 aliphatic rings. The number of hydrogen-bond donors (Lipinski definition) is 0. The van der Waals surface area contributed by atoms with Gasteiger partial charge in [0.25, 0.3) is 0 Å². The van der Waals surface area contributed by atoms with Crippen LogP contribution < -0.4 is 0 Å². The number of para-hydroxylation sites is 3. The van der Waals surface area contributed by atoms with Crippen molar-refractivity contribution < 1.29 is 4.11 Å². The van der Waals surface area contributed by atoms with E-state index in [1.54, 1.807) is 0 Å². The van der Waals surface area contributed by atoms with Gasteiger partial charge in [-0.05, 0) is 98.7 Å². The summed E-state index contributed by atoms with van der Waals surface area (Å²) in [5, 5.41) is 6.99. The highest BCUT2D eigenvalue weighted by Crippen LogP contribution is 2.47. The first-order valence-corrected chi connectivity index (χ1v) is 17.3. The number of thiophene rings is 1. The second-order valence-electron chi connectivity index (χ2n) is 12.5. The lowest BCUT2D eigenvalue weighted by Gasteiger charge is -2.21. The zero-order valence-electron chi connectivity index (χ0n) is 29.4. The fourth-order valence-corrected chi connectivity index (χ4v) is 8.71. The number of hydrogen-bond acceptors (Lipinski definition) is 2. The van der Waals surface area contributed by atoms with Gasteiger partial charge in [0.05, 0.1) is 16.7 Å². The van der Waals surface area contributed by atoms with Gasteiger partial charge in [0.1, 0.15) is 5.82 Å². The average molecular weight is 646 g/mol. The molecule has 0 atom stereocenters. The van der Waals surface area contributed by atoms with E-state index >= 15 is 0 Å². The third kappa shape index (κ3) is 4.36. The number of rotatable bonds is 4. The second kappa shape index (κ2) is 11.0. The van der Waals surface area contributed by atoms with Crippen LogP contribution in [0.15, 0.2) is 164 Å². The van der Waals surface area contributed by atoms with Crippen molar-refractivity contribution in [3.63, 3.8) is 0 Å². The van der Waals surface area contributed by atoms with Crippen molar-refractivity contribution in [2.45, 2.75) is 6.85 Å². The minimum Gasteiger partial charge on any atom is -0.296 e. The molecule has 2 aromatic heterocycles. The summed E-state index contributed by atoms with van der Waals surface area (Å²) >= 11 is 1.83. The van der Waals surface area contributed by atoms with Crippen LogP contribution in [0.2, 0.25) is 0 Å². The van der Waals surface area contributed by atoms with Crippen molar-refractivity contribution in [2.24, 2.45) is 0 Å². The van der Waals surface area contributed by atoms with Crippen molar-refractivity contribution >= 4 is 64.1 Å². The molecule has 0 amide bonds. The molecular weight excluding hydrogens is 613 g/mol. The fraction of sp³-hybridized carbons (Fsp3) is 0.0217. The second-order valence-corrected chi connectivity index (χ2v) is 13.6. The maximum absolute atomic E-state index is 8.51. The van der Waals surface area contributed by atoms with Crippen molar-refractivity contribution in [1.29, 1.82) is 0 Å². The highest BCUT2D eigenvalue weighted by atomic mass is 32.1. The van der Waals surface area contributed by atoms with E-state index in [0.29, 0.717) is 5.52 Å². The van der Waals surface area contributed by atoms with Gasteiger partial charge in [0.15, 0.2) is 0 Å². The Balaban J connectivity index is 1.34. The molecule has 0 aliphatic carbocycles. The number of aryl methyl sites for hydroxylation is 1. The number of fused-ring (bicyclic) bond motifs is 6. The predicted molar refractivity (Wildman–Crippen MR) is 210 cm³/mol. The molecule has 0 bridgehead atoms. The molecule has 10 rings (SSSR count). The monoisotopic (exact) mass is 645 g/mol. The maximum Gasteiger partial charge on any atom is 0.111 e. The summed E-state index contributed by atoms with van der Waals surface area (Å²) in [5.74, 6) is 0.0500. The summed E-state index contributed by atoms with van der Waals surface area (Å²) in [5.41, 5.74) is 8.81. The molecular formula is C46H30N2S. The molecule has 0 fully saturated rings. The first-order chi connectivity index (χ1) is 25.4. The van der Waals surface area contributed by atoms with Crippen LogP contribution in [0, 0.1) is 6.85 Å². The summed E-state index contributed by atoms with van der Waals surface area (Å²) in [6.07, 6.45) is 0. The Labute approximate surface area is 292 Å². The van der Waals surface area contributed by atoms with E-state index < -0.39 is 6.85 Å². The molecule has 3 heteroatoms. The number of imidazole rings is 1. The molecule has 0 N–H and O–H groups in total. The molecule has 0 unspecified atom stereocenters. The molecule has 0 saturated heterocycles. The lowest BCUT2D eigenvalue weighted by Crippen LogP contribution is -2.00. The van der Waals surface area contributed by atoms with E-state index in [1.807, 2.05) is 64.4 Å². The molecule has 10 aromatic rings. The Morgan fingerprint density at radius 3 is 2.02 bits per heavy atom. The Bertz CT molecular complexity index is 3010. The normalized spacial score (nSPS) is 12.9. The van der Waals surface area contributed by atoms with Crippen LogP contribution in [0.3, 0.4) is 0 Å². The summed E-state index contributed by atoms with van der Waals surface area (Å²) in [6, 6.07) is 57.3. The topological polar surface area (TPSA) is 17.8 Å². The summed E-state index contributed by atoms with van der Waals surface area (Å²) in [7, 11) is 0. The first-order valence-electron chi connectivity index (χ1n) is 18.0. The average Bonchev–Trinajstić information content (AvgIpc) is 3.76. The molecule has 0 spiro atoms. The zero-order valence-corrected chi connectivity index (χ0v) is 27.2. The number of benzene rings is 8. The molecule has 8 aromatic carbocycles. The van der Waals surface area contributed by atoms with E-state index in [4.69, 9.17) is 4.11 Å². The third-order valence-electron chi connectivity index (χ3n) is 9.77. The van der Waals surface area contributed by atoms with Gasteiger partial charge in [-0.2, -0.15) is 0 Å². The molecule has 0 saturated carbocycles. The number of aromatic nitrogens is 2. The van der Waals surface area contributed by atoms with Crippen molar-refractivity contribution in [3.8, 4) is 39.1 Å². The SMILES string of the molecule is [2H]C([2H])([2H])c1nc2ccccc2n1-c1ccccc1-c1c2ccccc2c(-c2ccc3sc4ccccc4c3c2)c2cc(-c3ccccc3)ccc12. The fourth-order valence-electron chi connectivity index (χ4n) is 7.62. The highest BCUT2D eigenvalue weighted by molar-refractivity contribution is 7.25. The van der Waals surface area contributed by atoms with Gasteiger partial charge >= 0.3 is 0 Å².